The third-order valence-corrected chi connectivity index (χ3v) is 6.39. The molecular weight excluding hydrogens is 300 g/mol. The van der Waals surface area contributed by atoms with Crippen LogP contribution in [0.4, 0.5) is 5.69 Å². The second-order valence-corrected chi connectivity index (χ2v) is 7.70. The molecule has 1 saturated heterocycles. The van der Waals surface area contributed by atoms with Gasteiger partial charge < -0.3 is 14.5 Å². The largest absolute Gasteiger partial charge is 0.497 e. The fourth-order valence-corrected chi connectivity index (χ4v) is 4.99. The summed E-state index contributed by atoms with van der Waals surface area (Å²) >= 11 is 0. The SMILES string of the molecule is COc1ccc(N2CCN(C(=O)C[C@H]3C[C@H]4CC[C@H]3C4)CC2)cc1. The van der Waals surface area contributed by atoms with Crippen LogP contribution < -0.4 is 9.64 Å². The van der Waals surface area contributed by atoms with Gasteiger partial charge in [-0.2, -0.15) is 0 Å². The lowest BCUT2D eigenvalue weighted by Crippen LogP contribution is -2.49. The van der Waals surface area contributed by atoms with Gasteiger partial charge in [-0.25, -0.2) is 0 Å². The molecule has 1 heterocycles. The number of amides is 1. The molecule has 130 valence electrons. The fraction of sp³-hybridized carbons (Fsp3) is 0.650. The number of fused-ring (bicyclic) bond motifs is 2. The van der Waals surface area contributed by atoms with E-state index in [0.29, 0.717) is 11.8 Å². The van der Waals surface area contributed by atoms with E-state index in [2.05, 4.69) is 21.9 Å². The summed E-state index contributed by atoms with van der Waals surface area (Å²) in [5.41, 5.74) is 1.22. The Morgan fingerprint density at radius 2 is 1.83 bits per heavy atom. The van der Waals surface area contributed by atoms with Gasteiger partial charge in [-0.3, -0.25) is 4.79 Å². The third kappa shape index (κ3) is 3.11. The van der Waals surface area contributed by atoms with Crippen LogP contribution in [0.2, 0.25) is 0 Å². The molecule has 1 aliphatic heterocycles. The number of anilines is 1. The van der Waals surface area contributed by atoms with Gasteiger partial charge in [0.1, 0.15) is 5.75 Å². The van der Waals surface area contributed by atoms with E-state index in [1.54, 1.807) is 7.11 Å². The number of methoxy groups -OCH3 is 1. The Morgan fingerprint density at radius 1 is 1.08 bits per heavy atom. The van der Waals surface area contributed by atoms with Crippen molar-refractivity contribution in [2.45, 2.75) is 32.1 Å². The number of hydrogen-bond donors (Lipinski definition) is 0. The molecule has 2 bridgehead atoms. The van der Waals surface area contributed by atoms with Crippen molar-refractivity contribution in [3.8, 4) is 5.75 Å². The molecule has 3 atom stereocenters. The lowest BCUT2D eigenvalue weighted by molar-refractivity contribution is -0.132. The van der Waals surface area contributed by atoms with E-state index >= 15 is 0 Å². The standard InChI is InChI=1S/C20H28N2O2/c1-24-19-6-4-18(5-7-19)21-8-10-22(11-9-21)20(23)14-17-13-15-2-3-16(17)12-15/h4-7,15-17H,2-3,8-14H2,1H3/t15-,16-,17+/m0/s1. The van der Waals surface area contributed by atoms with Crippen molar-refractivity contribution in [1.29, 1.82) is 0 Å². The second kappa shape index (κ2) is 6.66. The normalized spacial score (nSPS) is 29.1. The first-order valence-electron chi connectivity index (χ1n) is 9.39. The topological polar surface area (TPSA) is 32.8 Å². The molecule has 3 aliphatic rings. The first-order chi connectivity index (χ1) is 11.7. The van der Waals surface area contributed by atoms with Crippen molar-refractivity contribution in [3.63, 3.8) is 0 Å². The third-order valence-electron chi connectivity index (χ3n) is 6.39. The zero-order valence-electron chi connectivity index (χ0n) is 14.6. The molecule has 0 radical (unpaired) electrons. The Kier molecular flexibility index (Phi) is 4.38. The Bertz CT molecular complexity index is 578. The summed E-state index contributed by atoms with van der Waals surface area (Å²) in [7, 11) is 1.69. The van der Waals surface area contributed by atoms with E-state index in [-0.39, 0.29) is 0 Å². The lowest BCUT2D eigenvalue weighted by Gasteiger charge is -2.37. The molecular formula is C20H28N2O2. The molecule has 1 aromatic rings. The number of benzene rings is 1. The molecule has 3 fully saturated rings. The van der Waals surface area contributed by atoms with Crippen LogP contribution in [0.1, 0.15) is 32.1 Å². The zero-order chi connectivity index (χ0) is 16.5. The monoisotopic (exact) mass is 328 g/mol. The summed E-state index contributed by atoms with van der Waals surface area (Å²) in [6, 6.07) is 8.21. The molecule has 24 heavy (non-hydrogen) atoms. The van der Waals surface area contributed by atoms with Gasteiger partial charge in [0.2, 0.25) is 5.91 Å². The number of nitrogens with zero attached hydrogens (tertiary/aromatic N) is 2. The second-order valence-electron chi connectivity index (χ2n) is 7.70. The first kappa shape index (κ1) is 15.8. The fourth-order valence-electron chi connectivity index (χ4n) is 4.99. The number of carbonyl (C=O) groups is 1. The molecule has 1 aromatic carbocycles. The highest BCUT2D eigenvalue weighted by molar-refractivity contribution is 5.77. The van der Waals surface area contributed by atoms with Gasteiger partial charge in [0.15, 0.2) is 0 Å². The summed E-state index contributed by atoms with van der Waals surface area (Å²) in [4.78, 5) is 17.1. The van der Waals surface area contributed by atoms with Crippen LogP contribution in [0.15, 0.2) is 24.3 Å². The van der Waals surface area contributed by atoms with Crippen molar-refractivity contribution in [1.82, 2.24) is 4.90 Å². The van der Waals surface area contributed by atoms with E-state index < -0.39 is 0 Å². The van der Waals surface area contributed by atoms with Crippen molar-refractivity contribution in [3.05, 3.63) is 24.3 Å². The van der Waals surface area contributed by atoms with Crippen molar-refractivity contribution >= 4 is 11.6 Å². The number of ether oxygens (including phenoxy) is 1. The summed E-state index contributed by atoms with van der Waals surface area (Å²) in [5, 5.41) is 0. The summed E-state index contributed by atoms with van der Waals surface area (Å²) in [5.74, 6) is 3.73. The van der Waals surface area contributed by atoms with Crippen LogP contribution in [0.5, 0.6) is 5.75 Å². The predicted octanol–water partition coefficient (Wildman–Crippen LogP) is 3.17. The molecule has 4 heteroatoms. The van der Waals surface area contributed by atoms with Crippen molar-refractivity contribution in [2.75, 3.05) is 38.2 Å². The lowest BCUT2D eigenvalue weighted by atomic mass is 9.86. The first-order valence-corrected chi connectivity index (χ1v) is 9.39. The molecule has 0 unspecified atom stereocenters. The average Bonchev–Trinajstić information content (AvgIpc) is 3.25. The van der Waals surface area contributed by atoms with Crippen LogP contribution in [-0.2, 0) is 4.79 Å². The van der Waals surface area contributed by atoms with Crippen molar-refractivity contribution in [2.24, 2.45) is 17.8 Å². The van der Waals surface area contributed by atoms with Crippen LogP contribution in [0, 0.1) is 17.8 Å². The van der Waals surface area contributed by atoms with Gasteiger partial charge >= 0.3 is 0 Å². The summed E-state index contributed by atoms with van der Waals surface area (Å²) < 4.78 is 5.22. The number of hydrogen-bond acceptors (Lipinski definition) is 3. The molecule has 0 spiro atoms. The van der Waals surface area contributed by atoms with Crippen LogP contribution in [0.3, 0.4) is 0 Å². The average molecular weight is 328 g/mol. The van der Waals surface area contributed by atoms with E-state index in [1.807, 2.05) is 12.1 Å². The Balaban J connectivity index is 1.28. The van der Waals surface area contributed by atoms with Gasteiger partial charge in [0.05, 0.1) is 7.11 Å². The molecule has 0 aromatic heterocycles. The van der Waals surface area contributed by atoms with E-state index in [1.165, 1.54) is 31.4 Å². The maximum absolute atomic E-state index is 12.6. The number of piperazine rings is 1. The highest BCUT2D eigenvalue weighted by Gasteiger charge is 2.40. The van der Waals surface area contributed by atoms with Crippen LogP contribution in [0.25, 0.3) is 0 Å². The zero-order valence-corrected chi connectivity index (χ0v) is 14.6. The Morgan fingerprint density at radius 3 is 2.42 bits per heavy atom. The smallest absolute Gasteiger partial charge is 0.222 e. The molecule has 2 aliphatic carbocycles. The minimum Gasteiger partial charge on any atom is -0.497 e. The summed E-state index contributed by atoms with van der Waals surface area (Å²) in [6.07, 6.45) is 6.28. The highest BCUT2D eigenvalue weighted by Crippen LogP contribution is 2.49. The van der Waals surface area contributed by atoms with Crippen LogP contribution >= 0.6 is 0 Å². The summed E-state index contributed by atoms with van der Waals surface area (Å²) in [6.45, 7) is 3.56. The van der Waals surface area contributed by atoms with Crippen molar-refractivity contribution < 1.29 is 9.53 Å². The predicted molar refractivity (Wildman–Crippen MR) is 95.3 cm³/mol. The van der Waals surface area contributed by atoms with Gasteiger partial charge in [0, 0.05) is 38.3 Å². The number of rotatable bonds is 4. The van der Waals surface area contributed by atoms with E-state index in [4.69, 9.17) is 4.74 Å². The maximum Gasteiger partial charge on any atom is 0.222 e. The van der Waals surface area contributed by atoms with Gasteiger partial charge in [-0.05, 0) is 61.3 Å². The molecule has 4 rings (SSSR count). The minimum absolute atomic E-state index is 0.391. The number of carbonyl (C=O) groups excluding carboxylic acids is 1. The van der Waals surface area contributed by atoms with E-state index in [0.717, 1.165) is 50.2 Å². The minimum atomic E-state index is 0.391. The van der Waals surface area contributed by atoms with Gasteiger partial charge in [0.25, 0.3) is 0 Å². The Labute approximate surface area is 144 Å². The molecule has 0 N–H and O–H groups in total. The molecule has 1 amide bonds. The van der Waals surface area contributed by atoms with Crippen LogP contribution in [-0.4, -0.2) is 44.1 Å². The molecule has 2 saturated carbocycles. The molecule has 4 nitrogen and oxygen atoms in total. The van der Waals surface area contributed by atoms with Gasteiger partial charge in [-0.1, -0.05) is 6.42 Å². The Hall–Kier alpha value is -1.71. The maximum atomic E-state index is 12.6. The van der Waals surface area contributed by atoms with E-state index in [9.17, 15) is 4.79 Å². The quantitative estimate of drug-likeness (QED) is 0.851. The highest BCUT2D eigenvalue weighted by atomic mass is 16.5. The van der Waals surface area contributed by atoms with Gasteiger partial charge in [-0.15, -0.1) is 0 Å².